The van der Waals surface area contributed by atoms with Crippen LogP contribution in [0.2, 0.25) is 0 Å². The largest absolute Gasteiger partial charge is 0.469 e. The Morgan fingerprint density at radius 2 is 2.09 bits per heavy atom. The average molecular weight is 459 g/mol. The summed E-state index contributed by atoms with van der Waals surface area (Å²) in [5.74, 6) is 0.0684. The second-order valence-electron chi connectivity index (χ2n) is 8.70. The maximum Gasteiger partial charge on any atom is 0.308 e. The zero-order valence-corrected chi connectivity index (χ0v) is 19.8. The van der Waals surface area contributed by atoms with Crippen LogP contribution in [-0.4, -0.2) is 58.7 Å². The molecule has 2 aliphatic heterocycles. The first kappa shape index (κ1) is 23.8. The van der Waals surface area contributed by atoms with E-state index >= 15 is 0 Å². The molecule has 3 unspecified atom stereocenters. The van der Waals surface area contributed by atoms with Crippen LogP contribution in [0.15, 0.2) is 12.1 Å². The molecule has 4 heterocycles. The van der Waals surface area contributed by atoms with Crippen LogP contribution in [0.1, 0.15) is 68.3 Å². The summed E-state index contributed by atoms with van der Waals surface area (Å²) in [4.78, 5) is 16.7. The molecule has 33 heavy (non-hydrogen) atoms. The highest BCUT2D eigenvalue weighted by Gasteiger charge is 2.28. The molecule has 9 nitrogen and oxygen atoms in total. The number of nitrogens with zero attached hydrogens (tertiary/aromatic N) is 4. The summed E-state index contributed by atoms with van der Waals surface area (Å²) in [6.45, 7) is 3.87. The third-order valence-corrected chi connectivity index (χ3v) is 6.50. The molecular formula is C24H34N4O5. The van der Waals surface area contributed by atoms with Gasteiger partial charge in [0.2, 0.25) is 0 Å². The molecule has 2 saturated heterocycles. The van der Waals surface area contributed by atoms with Crippen molar-refractivity contribution in [2.45, 2.75) is 76.8 Å². The van der Waals surface area contributed by atoms with E-state index in [0.29, 0.717) is 19.1 Å². The monoisotopic (exact) mass is 458 g/mol. The minimum Gasteiger partial charge on any atom is -0.469 e. The van der Waals surface area contributed by atoms with Crippen LogP contribution in [0.4, 0.5) is 0 Å². The van der Waals surface area contributed by atoms with Crippen LogP contribution in [0.25, 0.3) is 11.4 Å². The van der Waals surface area contributed by atoms with Gasteiger partial charge in [0.1, 0.15) is 5.69 Å². The molecule has 2 fully saturated rings. The van der Waals surface area contributed by atoms with Gasteiger partial charge in [-0.2, -0.15) is 0 Å². The summed E-state index contributed by atoms with van der Waals surface area (Å²) >= 11 is 0. The Bertz CT molecular complexity index is 941. The molecule has 0 N–H and O–H groups in total. The van der Waals surface area contributed by atoms with Gasteiger partial charge < -0.3 is 18.9 Å². The standard InChI is InChI=1S/C24H34N4O5/c1-4-19-18(16-10-12-31-17(13-16)14-22(29)30-3)8-9-20(25-19)24-21(28(2)27-26-24)15-33-23-7-5-6-11-32-23/h8-9,16-17,23H,4-7,10-15H2,1-3H3. The van der Waals surface area contributed by atoms with E-state index in [9.17, 15) is 4.79 Å². The molecule has 2 aliphatic rings. The number of pyridine rings is 1. The molecule has 9 heteroatoms. The van der Waals surface area contributed by atoms with Gasteiger partial charge in [-0.3, -0.25) is 9.78 Å². The molecule has 0 bridgehead atoms. The Morgan fingerprint density at radius 1 is 1.21 bits per heavy atom. The molecule has 0 amide bonds. The number of rotatable bonds is 8. The van der Waals surface area contributed by atoms with Crippen molar-refractivity contribution >= 4 is 5.97 Å². The summed E-state index contributed by atoms with van der Waals surface area (Å²) in [7, 11) is 3.28. The highest BCUT2D eigenvalue weighted by atomic mass is 16.7. The highest BCUT2D eigenvalue weighted by molar-refractivity contribution is 5.69. The minimum absolute atomic E-state index is 0.119. The zero-order valence-electron chi connectivity index (χ0n) is 19.8. The van der Waals surface area contributed by atoms with E-state index in [-0.39, 0.29) is 24.8 Å². The molecule has 0 aromatic carbocycles. The van der Waals surface area contributed by atoms with Gasteiger partial charge in [0.25, 0.3) is 0 Å². The SMILES string of the molecule is CCc1nc(-c2nnn(C)c2COC2CCCCO2)ccc1C1CCOC(CC(=O)OC)C1. The van der Waals surface area contributed by atoms with E-state index in [0.717, 1.165) is 67.9 Å². The van der Waals surface area contributed by atoms with Gasteiger partial charge in [0, 0.05) is 26.0 Å². The van der Waals surface area contributed by atoms with Crippen LogP contribution < -0.4 is 0 Å². The van der Waals surface area contributed by atoms with Gasteiger partial charge in [0.15, 0.2) is 6.29 Å². The van der Waals surface area contributed by atoms with Crippen molar-refractivity contribution in [2.24, 2.45) is 7.05 Å². The fourth-order valence-electron chi connectivity index (χ4n) is 4.63. The van der Waals surface area contributed by atoms with Gasteiger partial charge in [-0.1, -0.05) is 18.2 Å². The van der Waals surface area contributed by atoms with Crippen LogP contribution in [0, 0.1) is 0 Å². The summed E-state index contributed by atoms with van der Waals surface area (Å²) in [6, 6.07) is 4.17. The van der Waals surface area contributed by atoms with Crippen molar-refractivity contribution in [3.05, 3.63) is 29.1 Å². The van der Waals surface area contributed by atoms with E-state index in [2.05, 4.69) is 23.3 Å². The van der Waals surface area contributed by atoms with Crippen LogP contribution in [0.3, 0.4) is 0 Å². The van der Waals surface area contributed by atoms with Crippen LogP contribution in [-0.2, 0) is 43.8 Å². The van der Waals surface area contributed by atoms with Gasteiger partial charge in [-0.15, -0.1) is 5.10 Å². The van der Waals surface area contributed by atoms with E-state index in [1.54, 1.807) is 4.68 Å². The van der Waals surface area contributed by atoms with E-state index < -0.39 is 0 Å². The summed E-state index contributed by atoms with van der Waals surface area (Å²) in [6.07, 6.45) is 5.63. The van der Waals surface area contributed by atoms with Crippen molar-refractivity contribution < 1.29 is 23.7 Å². The Labute approximate surface area is 194 Å². The Kier molecular flexibility index (Phi) is 8.06. The highest BCUT2D eigenvalue weighted by Crippen LogP contribution is 2.34. The van der Waals surface area contributed by atoms with Crippen molar-refractivity contribution in [3.8, 4) is 11.4 Å². The van der Waals surface area contributed by atoms with E-state index in [4.69, 9.17) is 23.9 Å². The molecule has 2 aromatic rings. The van der Waals surface area contributed by atoms with Gasteiger partial charge in [-0.25, -0.2) is 4.68 Å². The van der Waals surface area contributed by atoms with Crippen LogP contribution in [0.5, 0.6) is 0 Å². The Hall–Kier alpha value is -2.36. The lowest BCUT2D eigenvalue weighted by Gasteiger charge is -2.30. The second kappa shape index (κ2) is 11.2. The van der Waals surface area contributed by atoms with E-state index in [1.165, 1.54) is 12.7 Å². The number of aromatic nitrogens is 4. The fraction of sp³-hybridized carbons (Fsp3) is 0.667. The normalized spacial score (nSPS) is 23.4. The number of hydrogen-bond acceptors (Lipinski definition) is 8. The topological polar surface area (TPSA) is 97.6 Å². The Balaban J connectivity index is 1.50. The first-order chi connectivity index (χ1) is 16.1. The fourth-order valence-corrected chi connectivity index (χ4v) is 4.63. The summed E-state index contributed by atoms with van der Waals surface area (Å²) < 4.78 is 24.0. The maximum atomic E-state index is 11.7. The smallest absolute Gasteiger partial charge is 0.308 e. The predicted octanol–water partition coefficient (Wildman–Crippen LogP) is 3.31. The molecule has 4 rings (SSSR count). The average Bonchev–Trinajstić information content (AvgIpc) is 3.23. The predicted molar refractivity (Wildman–Crippen MR) is 120 cm³/mol. The molecule has 2 aromatic heterocycles. The molecule has 180 valence electrons. The molecule has 0 spiro atoms. The number of esters is 1. The lowest BCUT2D eigenvalue weighted by atomic mass is 9.86. The zero-order chi connectivity index (χ0) is 23.2. The summed E-state index contributed by atoms with van der Waals surface area (Å²) in [5.41, 5.74) is 4.69. The molecule has 0 saturated carbocycles. The maximum absolute atomic E-state index is 11.7. The third kappa shape index (κ3) is 5.77. The quantitative estimate of drug-likeness (QED) is 0.556. The van der Waals surface area contributed by atoms with Gasteiger partial charge >= 0.3 is 5.97 Å². The first-order valence-corrected chi connectivity index (χ1v) is 11.9. The van der Waals surface area contributed by atoms with Crippen molar-refractivity contribution in [2.75, 3.05) is 20.3 Å². The number of aryl methyl sites for hydroxylation is 2. The van der Waals surface area contributed by atoms with Gasteiger partial charge in [0.05, 0.1) is 37.6 Å². The number of hydrogen-bond donors (Lipinski definition) is 0. The molecule has 0 radical (unpaired) electrons. The lowest BCUT2D eigenvalue weighted by molar-refractivity contribution is -0.169. The number of carbonyl (C=O) groups excluding carboxylic acids is 1. The number of carbonyl (C=O) groups is 1. The molecule has 3 atom stereocenters. The molecule has 0 aliphatic carbocycles. The number of ether oxygens (including phenoxy) is 4. The first-order valence-electron chi connectivity index (χ1n) is 11.9. The van der Waals surface area contributed by atoms with Gasteiger partial charge in [-0.05, 0) is 56.1 Å². The second-order valence-corrected chi connectivity index (χ2v) is 8.70. The van der Waals surface area contributed by atoms with E-state index in [1.807, 2.05) is 13.1 Å². The summed E-state index contributed by atoms with van der Waals surface area (Å²) in [5, 5.41) is 8.60. The lowest BCUT2D eigenvalue weighted by Crippen LogP contribution is -2.28. The van der Waals surface area contributed by atoms with Crippen molar-refractivity contribution in [1.82, 2.24) is 20.0 Å². The minimum atomic E-state index is -0.235. The third-order valence-electron chi connectivity index (χ3n) is 6.50. The van der Waals surface area contributed by atoms with Crippen molar-refractivity contribution in [1.29, 1.82) is 0 Å². The van der Waals surface area contributed by atoms with Crippen molar-refractivity contribution in [3.63, 3.8) is 0 Å². The Morgan fingerprint density at radius 3 is 2.85 bits per heavy atom. The number of methoxy groups -OCH3 is 1. The van der Waals surface area contributed by atoms with Crippen LogP contribution >= 0.6 is 0 Å². The molecular weight excluding hydrogens is 424 g/mol.